The summed E-state index contributed by atoms with van der Waals surface area (Å²) in [6.07, 6.45) is 17.2. The van der Waals surface area contributed by atoms with Gasteiger partial charge in [-0.2, -0.15) is 0 Å². The van der Waals surface area contributed by atoms with E-state index in [-0.39, 0.29) is 59.1 Å². The van der Waals surface area contributed by atoms with Crippen molar-refractivity contribution in [2.24, 2.45) is 0 Å². The van der Waals surface area contributed by atoms with Gasteiger partial charge in [0.2, 0.25) is 0 Å². The van der Waals surface area contributed by atoms with Gasteiger partial charge in [0.05, 0.1) is 0 Å². The molecule has 0 aliphatic carbocycles. The summed E-state index contributed by atoms with van der Waals surface area (Å²) in [6.45, 7) is 0. The van der Waals surface area contributed by atoms with E-state index in [2.05, 4.69) is 170 Å². The molecule has 0 bridgehead atoms. The molecule has 52 heavy (non-hydrogen) atoms. The van der Waals surface area contributed by atoms with Crippen molar-refractivity contribution in [2.45, 2.75) is 0 Å². The van der Waals surface area contributed by atoms with Crippen LogP contribution in [0.2, 0.25) is 0 Å². The Morgan fingerprint density at radius 3 is 0.923 bits per heavy atom. The minimum atomic E-state index is -5.17. The molecule has 0 N–H and O–H groups in total. The Balaban J connectivity index is 0.000000976. The zero-order chi connectivity index (χ0) is 35.0. The van der Waals surface area contributed by atoms with Crippen LogP contribution in [0.5, 0.6) is 11.5 Å². The summed E-state index contributed by atoms with van der Waals surface area (Å²) in [6, 6.07) is 53.9. The van der Waals surface area contributed by atoms with E-state index in [4.69, 9.17) is 22.3 Å². The summed E-state index contributed by atoms with van der Waals surface area (Å²) in [5.41, 5.74) is 8.72. The average Bonchev–Trinajstić information content (AvgIpc) is 3.13. The summed E-state index contributed by atoms with van der Waals surface area (Å²) in [4.78, 5) is 0. The minimum Gasteiger partial charge on any atom is -0.759 e. The largest absolute Gasteiger partial charge is 1.00 e. The van der Waals surface area contributed by atoms with Crippen molar-refractivity contribution in [1.29, 1.82) is 0 Å². The molecule has 0 radical (unpaired) electrons. The molecular formula is C44H34Na2O5S. The van der Waals surface area contributed by atoms with Gasteiger partial charge in [0, 0.05) is 21.5 Å². The van der Waals surface area contributed by atoms with E-state index >= 15 is 0 Å². The predicted molar refractivity (Wildman–Crippen MR) is 205 cm³/mol. The van der Waals surface area contributed by atoms with Gasteiger partial charge in [-0.3, -0.25) is 8.42 Å². The van der Waals surface area contributed by atoms with Crippen LogP contribution in [0, 0.1) is 0 Å². The van der Waals surface area contributed by atoms with Gasteiger partial charge in [-0.15, -0.1) is 0 Å². The van der Waals surface area contributed by atoms with Crippen LogP contribution >= 0.6 is 0 Å². The van der Waals surface area contributed by atoms with Crippen molar-refractivity contribution in [3.63, 3.8) is 0 Å². The van der Waals surface area contributed by atoms with Gasteiger partial charge >= 0.3 is 59.1 Å². The molecule has 0 heterocycles. The second-order valence-electron chi connectivity index (χ2n) is 11.0. The number of hydrogen-bond donors (Lipinski definition) is 0. The van der Waals surface area contributed by atoms with Gasteiger partial charge < -0.3 is 13.8 Å². The van der Waals surface area contributed by atoms with Crippen LogP contribution < -0.4 is 63.9 Å². The van der Waals surface area contributed by atoms with E-state index in [0.29, 0.717) is 0 Å². The molecule has 0 fully saturated rings. The molecule has 0 saturated carbocycles. The normalized spacial score (nSPS) is 11.2. The Kier molecular flexibility index (Phi) is 18.0. The fraction of sp³-hybridized carbons (Fsp3) is 0. The molecular weight excluding hydrogens is 687 g/mol. The fourth-order valence-corrected chi connectivity index (χ4v) is 5.05. The Morgan fingerprint density at radius 2 is 0.635 bits per heavy atom. The SMILES string of the molecule is C(=Cc1cccc(Oc2cccc(C=Cc3ccccc3)c2C=Cc2ccccc2)c1C=Cc1ccccc1)c1ccccc1.O=S(=O)([O-])[O-].[Na+].[Na+]. The van der Waals surface area contributed by atoms with Gasteiger partial charge in [0.15, 0.2) is 0 Å². The first-order valence-corrected chi connectivity index (χ1v) is 17.2. The van der Waals surface area contributed by atoms with Crippen molar-refractivity contribution >= 4 is 59.0 Å². The molecule has 0 aromatic heterocycles. The summed E-state index contributed by atoms with van der Waals surface area (Å²) in [5, 5.41) is 0. The van der Waals surface area contributed by atoms with E-state index < -0.39 is 10.4 Å². The Morgan fingerprint density at radius 1 is 0.365 bits per heavy atom. The van der Waals surface area contributed by atoms with E-state index in [1.54, 1.807) is 0 Å². The first-order chi connectivity index (χ1) is 24.3. The summed E-state index contributed by atoms with van der Waals surface area (Å²) in [5.74, 6) is 1.58. The molecule has 0 aliphatic rings. The maximum absolute atomic E-state index is 8.52. The first kappa shape index (κ1) is 42.4. The second-order valence-corrected chi connectivity index (χ2v) is 11.8. The van der Waals surface area contributed by atoms with Crippen molar-refractivity contribution in [2.75, 3.05) is 0 Å². The first-order valence-electron chi connectivity index (χ1n) is 15.8. The smallest absolute Gasteiger partial charge is 0.759 e. The third-order valence-electron chi connectivity index (χ3n) is 7.41. The van der Waals surface area contributed by atoms with Crippen LogP contribution in [-0.4, -0.2) is 17.5 Å². The van der Waals surface area contributed by atoms with Crippen LogP contribution in [0.4, 0.5) is 0 Å². The average molecular weight is 721 g/mol. The van der Waals surface area contributed by atoms with Gasteiger partial charge in [0.25, 0.3) is 0 Å². The van der Waals surface area contributed by atoms with E-state index in [9.17, 15) is 0 Å². The third kappa shape index (κ3) is 14.5. The molecule has 6 aromatic carbocycles. The van der Waals surface area contributed by atoms with Crippen LogP contribution in [0.15, 0.2) is 158 Å². The molecule has 0 unspecified atom stereocenters. The summed E-state index contributed by atoms with van der Waals surface area (Å²) < 4.78 is 40.9. The number of ether oxygens (including phenoxy) is 1. The van der Waals surface area contributed by atoms with Gasteiger partial charge in [-0.05, 0) is 45.5 Å². The molecule has 0 atom stereocenters. The topological polar surface area (TPSA) is 89.5 Å². The Labute approximate surface area is 350 Å². The quantitative estimate of drug-likeness (QED) is 0.0877. The standard InChI is InChI=1S/C44H34O.2Na.H2O4S/c1-5-15-35(16-6-1)27-31-39-23-13-25-43(41(39)33-29-37-19-9-3-10-20-37)45-44-26-14-24-40(32-28-36-17-7-2-8-18-36)42(44)34-30-38-21-11-4-12-22-38;;;1-5(2,3)4/h1-34H;;;(H2,1,2,3,4)/q;2*+1;/p-2. The van der Waals surface area contributed by atoms with Crippen molar-refractivity contribution in [3.8, 4) is 11.5 Å². The molecule has 248 valence electrons. The summed E-state index contributed by atoms with van der Waals surface area (Å²) >= 11 is 0. The molecule has 6 rings (SSSR count). The second kappa shape index (κ2) is 22.1. The van der Waals surface area contributed by atoms with Gasteiger partial charge in [-0.25, -0.2) is 0 Å². The minimum absolute atomic E-state index is 0. The van der Waals surface area contributed by atoms with E-state index in [0.717, 1.165) is 56.0 Å². The van der Waals surface area contributed by atoms with Gasteiger partial charge in [0.1, 0.15) is 11.5 Å². The van der Waals surface area contributed by atoms with Crippen LogP contribution in [-0.2, 0) is 10.4 Å². The number of benzene rings is 6. The summed E-state index contributed by atoms with van der Waals surface area (Å²) in [7, 11) is -5.17. The zero-order valence-corrected chi connectivity index (χ0v) is 33.9. The monoisotopic (exact) mass is 720 g/mol. The maximum atomic E-state index is 8.52. The molecule has 6 aromatic rings. The zero-order valence-electron chi connectivity index (χ0n) is 29.1. The van der Waals surface area contributed by atoms with Crippen LogP contribution in [0.1, 0.15) is 44.5 Å². The van der Waals surface area contributed by atoms with E-state index in [1.165, 1.54) is 0 Å². The van der Waals surface area contributed by atoms with Crippen molar-refractivity contribution < 1.29 is 81.4 Å². The molecule has 8 heteroatoms. The predicted octanol–water partition coefficient (Wildman–Crippen LogP) is 4.83. The molecule has 5 nitrogen and oxygen atoms in total. The fourth-order valence-electron chi connectivity index (χ4n) is 5.05. The van der Waals surface area contributed by atoms with E-state index in [1.807, 2.05) is 36.4 Å². The number of hydrogen-bond acceptors (Lipinski definition) is 5. The number of rotatable bonds is 10. The van der Waals surface area contributed by atoms with Gasteiger partial charge in [-0.1, -0.05) is 194 Å². The Hall–Kier alpha value is -4.05. The van der Waals surface area contributed by atoms with Crippen molar-refractivity contribution in [1.82, 2.24) is 0 Å². The van der Waals surface area contributed by atoms with Crippen molar-refractivity contribution in [3.05, 3.63) is 202 Å². The molecule has 0 saturated heterocycles. The van der Waals surface area contributed by atoms with Crippen LogP contribution in [0.25, 0.3) is 48.6 Å². The van der Waals surface area contributed by atoms with Crippen LogP contribution in [0.3, 0.4) is 0 Å². The molecule has 0 aliphatic heterocycles. The molecule has 0 spiro atoms. The molecule has 0 amide bonds. The third-order valence-corrected chi connectivity index (χ3v) is 7.41. The Bertz CT molecular complexity index is 2050. The maximum Gasteiger partial charge on any atom is 1.00 e.